The molecule has 2 heterocycles. The highest BCUT2D eigenvalue weighted by molar-refractivity contribution is 5.78. The molecule has 230 valence electrons. The van der Waals surface area contributed by atoms with Crippen LogP contribution in [0.1, 0.15) is 116 Å². The fourth-order valence-electron chi connectivity index (χ4n) is 9.76. The number of carbonyl (C=O) groups is 3. The van der Waals surface area contributed by atoms with Crippen LogP contribution in [0.25, 0.3) is 0 Å². The molecule has 0 aromatic heterocycles. The zero-order valence-electron chi connectivity index (χ0n) is 26.2. The van der Waals surface area contributed by atoms with Gasteiger partial charge in [0.15, 0.2) is 11.5 Å². The third-order valence-corrected chi connectivity index (χ3v) is 11.2. The molecule has 7 nitrogen and oxygen atoms in total. The first-order valence-electron chi connectivity index (χ1n) is 16.8. The lowest BCUT2D eigenvalue weighted by molar-refractivity contribution is -0.146. The Morgan fingerprint density at radius 1 is 1.07 bits per heavy atom. The predicted molar refractivity (Wildman–Crippen MR) is 162 cm³/mol. The molecule has 1 spiro atoms. The van der Waals surface area contributed by atoms with Crippen molar-refractivity contribution in [3.63, 3.8) is 0 Å². The first-order valence-corrected chi connectivity index (χ1v) is 16.8. The summed E-state index contributed by atoms with van der Waals surface area (Å²) in [6, 6.07) is 4.30. The SMILES string of the molecule is CC(=O)CN1CC[C@]23c4c5ccc(OC(C)=O)c4O[C@H]2[C@H](N(C(=O)CCCCC2CCCCC2)C(C)C)CC[C@H]3[C@H]1C5. The Morgan fingerprint density at radius 3 is 2.57 bits per heavy atom. The van der Waals surface area contributed by atoms with Crippen LogP contribution in [0.4, 0.5) is 0 Å². The highest BCUT2D eigenvalue weighted by Gasteiger charge is 2.66. The van der Waals surface area contributed by atoms with E-state index in [2.05, 4.69) is 29.7 Å². The Morgan fingerprint density at radius 2 is 1.86 bits per heavy atom. The van der Waals surface area contributed by atoms with Gasteiger partial charge in [0.1, 0.15) is 11.9 Å². The van der Waals surface area contributed by atoms with E-state index >= 15 is 0 Å². The van der Waals surface area contributed by atoms with Gasteiger partial charge in [0.2, 0.25) is 5.91 Å². The average Bonchev–Trinajstić information content (AvgIpc) is 3.30. The molecule has 1 aromatic carbocycles. The van der Waals surface area contributed by atoms with E-state index in [1.165, 1.54) is 56.6 Å². The molecule has 2 bridgehead atoms. The van der Waals surface area contributed by atoms with E-state index in [0.717, 1.165) is 51.0 Å². The topological polar surface area (TPSA) is 76.2 Å². The fraction of sp³-hybridized carbons (Fsp3) is 0.743. The van der Waals surface area contributed by atoms with Gasteiger partial charge in [-0.05, 0) is 82.9 Å². The number of ketones is 1. The Hall–Kier alpha value is -2.41. The number of unbranched alkanes of at least 4 members (excludes halogenated alkanes) is 1. The molecule has 1 saturated heterocycles. The van der Waals surface area contributed by atoms with Crippen molar-refractivity contribution in [2.75, 3.05) is 13.1 Å². The highest BCUT2D eigenvalue weighted by atomic mass is 16.6. The summed E-state index contributed by atoms with van der Waals surface area (Å²) in [7, 11) is 0. The Kier molecular flexibility index (Phi) is 8.43. The van der Waals surface area contributed by atoms with Crippen LogP contribution in [-0.4, -0.2) is 64.8 Å². The Balaban J connectivity index is 1.28. The monoisotopic (exact) mass is 578 g/mol. The number of nitrogens with zero attached hydrogens (tertiary/aromatic N) is 2. The highest BCUT2D eigenvalue weighted by Crippen LogP contribution is 2.64. The van der Waals surface area contributed by atoms with Gasteiger partial charge in [-0.25, -0.2) is 0 Å². The number of amides is 1. The molecule has 6 rings (SSSR count). The first-order chi connectivity index (χ1) is 20.2. The number of benzene rings is 1. The van der Waals surface area contributed by atoms with E-state index in [9.17, 15) is 14.4 Å². The average molecular weight is 579 g/mol. The van der Waals surface area contributed by atoms with Crippen molar-refractivity contribution in [3.8, 4) is 11.5 Å². The number of piperidine rings is 1. The van der Waals surface area contributed by atoms with Crippen molar-refractivity contribution < 1.29 is 23.9 Å². The van der Waals surface area contributed by atoms with Crippen LogP contribution in [0.2, 0.25) is 0 Å². The molecule has 7 heteroatoms. The van der Waals surface area contributed by atoms with Crippen LogP contribution in [0, 0.1) is 11.8 Å². The lowest BCUT2D eigenvalue weighted by Crippen LogP contribution is -2.70. The predicted octanol–water partition coefficient (Wildman–Crippen LogP) is 5.99. The molecule has 0 radical (unpaired) electrons. The van der Waals surface area contributed by atoms with Crippen molar-refractivity contribution in [1.29, 1.82) is 0 Å². The van der Waals surface area contributed by atoms with Crippen molar-refractivity contribution >= 4 is 17.7 Å². The number of rotatable bonds is 10. The molecular formula is C35H50N2O5. The van der Waals surface area contributed by atoms with Crippen LogP contribution in [0.15, 0.2) is 12.1 Å². The molecule has 2 saturated carbocycles. The summed E-state index contributed by atoms with van der Waals surface area (Å²) in [5.74, 6) is 2.50. The second-order valence-corrected chi connectivity index (χ2v) is 14.2. The number of Topliss-reactive ketones (excluding diaryl/α,β-unsaturated/α-hetero) is 1. The molecule has 1 amide bonds. The minimum absolute atomic E-state index is 0.0318. The lowest BCUT2D eigenvalue weighted by Gasteiger charge is -2.60. The Labute approximate surface area is 251 Å². The maximum Gasteiger partial charge on any atom is 0.308 e. The minimum atomic E-state index is -0.354. The van der Waals surface area contributed by atoms with E-state index in [1.54, 1.807) is 6.92 Å². The van der Waals surface area contributed by atoms with Crippen molar-refractivity contribution in [2.24, 2.45) is 11.8 Å². The van der Waals surface area contributed by atoms with Crippen LogP contribution in [-0.2, 0) is 26.2 Å². The van der Waals surface area contributed by atoms with Gasteiger partial charge in [-0.1, -0.05) is 51.0 Å². The van der Waals surface area contributed by atoms with Gasteiger partial charge < -0.3 is 14.4 Å². The van der Waals surface area contributed by atoms with Crippen LogP contribution >= 0.6 is 0 Å². The zero-order valence-corrected chi connectivity index (χ0v) is 26.2. The minimum Gasteiger partial charge on any atom is -0.483 e. The van der Waals surface area contributed by atoms with Gasteiger partial charge in [-0.15, -0.1) is 0 Å². The second-order valence-electron chi connectivity index (χ2n) is 14.2. The molecule has 0 N–H and O–H groups in total. The first kappa shape index (κ1) is 29.7. The molecular weight excluding hydrogens is 528 g/mol. The van der Waals surface area contributed by atoms with Crippen LogP contribution < -0.4 is 9.47 Å². The van der Waals surface area contributed by atoms with Crippen molar-refractivity contribution in [2.45, 2.75) is 141 Å². The van der Waals surface area contributed by atoms with Gasteiger partial charge >= 0.3 is 5.97 Å². The van der Waals surface area contributed by atoms with Crippen molar-refractivity contribution in [1.82, 2.24) is 9.80 Å². The molecule has 3 aliphatic carbocycles. The normalized spacial score (nSPS) is 30.0. The molecule has 1 aromatic rings. The Bertz CT molecular complexity index is 1210. The number of esters is 1. The summed E-state index contributed by atoms with van der Waals surface area (Å²) in [5, 5.41) is 0. The van der Waals surface area contributed by atoms with Gasteiger partial charge in [0, 0.05) is 36.4 Å². The van der Waals surface area contributed by atoms with Crippen molar-refractivity contribution in [3.05, 3.63) is 23.3 Å². The molecule has 2 aliphatic heterocycles. The number of hydrogen-bond donors (Lipinski definition) is 0. The van der Waals surface area contributed by atoms with Gasteiger partial charge in [0.05, 0.1) is 12.6 Å². The summed E-state index contributed by atoms with van der Waals surface area (Å²) in [5.41, 5.74) is 2.21. The van der Waals surface area contributed by atoms with E-state index in [0.29, 0.717) is 30.4 Å². The van der Waals surface area contributed by atoms with E-state index in [4.69, 9.17) is 9.47 Å². The quantitative estimate of drug-likeness (QED) is 0.193. The summed E-state index contributed by atoms with van der Waals surface area (Å²) >= 11 is 0. The maximum absolute atomic E-state index is 14.0. The fourth-order valence-corrected chi connectivity index (χ4v) is 9.76. The smallest absolute Gasteiger partial charge is 0.308 e. The molecule has 3 fully saturated rings. The lowest BCUT2D eigenvalue weighted by atomic mass is 9.51. The molecule has 5 atom stereocenters. The number of carbonyl (C=O) groups excluding carboxylic acids is 3. The van der Waals surface area contributed by atoms with Gasteiger partial charge in [-0.2, -0.15) is 0 Å². The zero-order chi connectivity index (χ0) is 29.6. The molecule has 5 aliphatic rings. The van der Waals surface area contributed by atoms with Gasteiger partial charge in [0.25, 0.3) is 0 Å². The third kappa shape index (κ3) is 5.18. The van der Waals surface area contributed by atoms with Gasteiger partial charge in [-0.3, -0.25) is 19.3 Å². The molecule has 42 heavy (non-hydrogen) atoms. The maximum atomic E-state index is 14.0. The summed E-state index contributed by atoms with van der Waals surface area (Å²) in [6.07, 6.45) is 14.2. The molecule has 0 unspecified atom stereocenters. The van der Waals surface area contributed by atoms with E-state index < -0.39 is 0 Å². The summed E-state index contributed by atoms with van der Waals surface area (Å²) in [4.78, 5) is 42.8. The third-order valence-electron chi connectivity index (χ3n) is 11.2. The second kappa shape index (κ2) is 11.9. The standard InChI is InChI=1S/C35H50N2O5/c1-22(2)37(31(40)13-9-8-12-25-10-6-5-7-11-25)28-16-15-27-29-20-26-14-17-30(41-24(4)39)33-32(26)35(27,34(28)42-33)18-19-36(29)21-23(3)38/h14,17,22,25,27-29,34H,5-13,15-16,18-21H2,1-4H3/t27-,28+,29+,34-,35-/m0/s1. The number of ether oxygens (including phenoxy) is 2. The summed E-state index contributed by atoms with van der Waals surface area (Å²) in [6.45, 7) is 8.71. The number of hydrogen-bond acceptors (Lipinski definition) is 6. The van der Waals surface area contributed by atoms with Crippen LogP contribution in [0.3, 0.4) is 0 Å². The summed E-state index contributed by atoms with van der Waals surface area (Å²) < 4.78 is 12.7. The van der Waals surface area contributed by atoms with E-state index in [-0.39, 0.29) is 47.3 Å². The number of likely N-dealkylation sites (tertiary alicyclic amines) is 1. The largest absolute Gasteiger partial charge is 0.483 e. The van der Waals surface area contributed by atoms with E-state index in [1.807, 2.05) is 6.07 Å². The van der Waals surface area contributed by atoms with Crippen LogP contribution in [0.5, 0.6) is 11.5 Å².